The van der Waals surface area contributed by atoms with Crippen molar-refractivity contribution < 1.29 is 4.39 Å². The van der Waals surface area contributed by atoms with E-state index in [1.807, 2.05) is 0 Å². The summed E-state index contributed by atoms with van der Waals surface area (Å²) in [5, 5.41) is 0.0449. The highest BCUT2D eigenvalue weighted by atomic mass is 35.5. The molecule has 0 amide bonds. The minimum atomic E-state index is -0.402. The Kier molecular flexibility index (Phi) is 4.48. The van der Waals surface area contributed by atoms with Gasteiger partial charge in [0.2, 0.25) is 5.28 Å². The molecule has 0 fully saturated rings. The maximum absolute atomic E-state index is 13.3. The summed E-state index contributed by atoms with van der Waals surface area (Å²) >= 11 is 5.73. The van der Waals surface area contributed by atoms with Crippen LogP contribution in [0.25, 0.3) is 16.9 Å². The number of aryl methyl sites for hydroxylation is 1. The van der Waals surface area contributed by atoms with E-state index in [1.54, 1.807) is 25.5 Å². The Labute approximate surface area is 144 Å². The predicted octanol–water partition coefficient (Wildman–Crippen LogP) is 1.61. The fourth-order valence-electron chi connectivity index (χ4n) is 2.26. The molecule has 4 aromatic rings. The summed E-state index contributed by atoms with van der Waals surface area (Å²) in [7, 11) is 1.57. The third-order valence-electron chi connectivity index (χ3n) is 3.37. The van der Waals surface area contributed by atoms with Gasteiger partial charge in [-0.1, -0.05) is 0 Å². The topological polar surface area (TPSA) is 101 Å². The zero-order chi connectivity index (χ0) is 18.0. The van der Waals surface area contributed by atoms with Crippen molar-refractivity contribution in [3.05, 3.63) is 74.9 Å². The van der Waals surface area contributed by atoms with Crippen LogP contribution in [0.5, 0.6) is 0 Å². The molecule has 0 atom stereocenters. The van der Waals surface area contributed by atoms with Gasteiger partial charge in [-0.25, -0.2) is 23.5 Å². The molecule has 25 heavy (non-hydrogen) atoms. The van der Waals surface area contributed by atoms with Gasteiger partial charge in [0.25, 0.3) is 0 Å². The summed E-state index contributed by atoms with van der Waals surface area (Å²) in [5.41, 5.74) is 0.564. The number of imidazole rings is 2. The van der Waals surface area contributed by atoms with Gasteiger partial charge in [-0.15, -0.1) is 0 Å². The monoisotopic (exact) mass is 362 g/mol. The number of benzene rings is 1. The Morgan fingerprint density at radius 2 is 1.84 bits per heavy atom. The van der Waals surface area contributed by atoms with Crippen LogP contribution in [0.4, 0.5) is 4.39 Å². The van der Waals surface area contributed by atoms with Crippen LogP contribution in [0.2, 0.25) is 5.28 Å². The number of nitrogens with zero attached hydrogens (tertiary/aromatic N) is 4. The van der Waals surface area contributed by atoms with Gasteiger partial charge in [-0.05, 0) is 29.8 Å². The first-order chi connectivity index (χ1) is 12.0. The highest BCUT2D eigenvalue weighted by Gasteiger charge is 2.14. The number of hydrogen-bond donors (Lipinski definition) is 2. The second kappa shape index (κ2) is 6.73. The van der Waals surface area contributed by atoms with Crippen molar-refractivity contribution in [2.45, 2.75) is 0 Å². The van der Waals surface area contributed by atoms with Crippen LogP contribution in [-0.2, 0) is 7.05 Å². The van der Waals surface area contributed by atoms with Crippen LogP contribution in [0.1, 0.15) is 0 Å². The van der Waals surface area contributed by atoms with Gasteiger partial charge in [0.05, 0.1) is 11.0 Å². The fraction of sp³-hybridized carbons (Fsp3) is 0.0667. The molecule has 0 radical (unpaired) electrons. The number of halogens is 2. The number of nitrogens with one attached hydrogen (secondary N) is 2. The van der Waals surface area contributed by atoms with Crippen molar-refractivity contribution in [2.24, 2.45) is 7.05 Å². The summed E-state index contributed by atoms with van der Waals surface area (Å²) in [4.78, 5) is 34.7. The molecular weight excluding hydrogens is 351 g/mol. The number of hydrogen-bond acceptors (Lipinski definition) is 4. The SMILES string of the molecule is Cn1c(=O)n(-c2ccnc(Cl)n2)c2ccc(F)cc21.O=c1[nH]cc[nH]1. The van der Waals surface area contributed by atoms with Gasteiger partial charge in [0.15, 0.2) is 0 Å². The van der Waals surface area contributed by atoms with E-state index in [0.29, 0.717) is 16.9 Å². The van der Waals surface area contributed by atoms with E-state index in [0.717, 1.165) is 0 Å². The molecule has 1 aromatic carbocycles. The molecule has 0 bridgehead atoms. The summed E-state index contributed by atoms with van der Waals surface area (Å²) in [6, 6.07) is 5.69. The standard InChI is InChI=1S/C12H8ClFN4O.C3H4N2O/c1-17-9-6-7(14)2-3-8(9)18(12(17)19)10-4-5-15-11(13)16-10;6-3-4-1-2-5-3/h2-6H,1H3;1-2H,(H2,4,5,6). The first-order valence-electron chi connectivity index (χ1n) is 7.05. The van der Waals surface area contributed by atoms with Gasteiger partial charge < -0.3 is 9.97 Å². The Balaban J connectivity index is 0.000000258. The van der Waals surface area contributed by atoms with Crippen molar-refractivity contribution >= 4 is 22.6 Å². The molecule has 128 valence electrons. The van der Waals surface area contributed by atoms with E-state index in [2.05, 4.69) is 19.9 Å². The van der Waals surface area contributed by atoms with Crippen LogP contribution in [0.15, 0.2) is 52.4 Å². The summed E-state index contributed by atoms with van der Waals surface area (Å²) in [6.07, 6.45) is 4.55. The molecule has 0 aliphatic heterocycles. The average Bonchev–Trinajstić information content (AvgIpc) is 3.15. The fourth-order valence-corrected chi connectivity index (χ4v) is 2.40. The van der Waals surface area contributed by atoms with Crippen molar-refractivity contribution in [3.63, 3.8) is 0 Å². The van der Waals surface area contributed by atoms with Crippen LogP contribution in [0, 0.1) is 5.82 Å². The molecule has 0 saturated heterocycles. The Bertz CT molecular complexity index is 1130. The lowest BCUT2D eigenvalue weighted by atomic mass is 10.3. The highest BCUT2D eigenvalue weighted by Crippen LogP contribution is 2.17. The zero-order valence-corrected chi connectivity index (χ0v) is 13.7. The zero-order valence-electron chi connectivity index (χ0n) is 12.9. The number of fused-ring (bicyclic) bond motifs is 1. The quantitative estimate of drug-likeness (QED) is 0.502. The van der Waals surface area contributed by atoms with Crippen molar-refractivity contribution in [1.82, 2.24) is 29.1 Å². The third-order valence-corrected chi connectivity index (χ3v) is 3.55. The van der Waals surface area contributed by atoms with Gasteiger partial charge in [-0.3, -0.25) is 4.57 Å². The van der Waals surface area contributed by atoms with E-state index < -0.39 is 5.82 Å². The van der Waals surface area contributed by atoms with Crippen LogP contribution in [0.3, 0.4) is 0 Å². The van der Waals surface area contributed by atoms with E-state index in [4.69, 9.17) is 11.6 Å². The van der Waals surface area contributed by atoms with Gasteiger partial charge in [-0.2, -0.15) is 4.98 Å². The Morgan fingerprint density at radius 3 is 2.44 bits per heavy atom. The Hall–Kier alpha value is -3.20. The molecule has 0 aliphatic carbocycles. The molecule has 0 aliphatic rings. The first-order valence-corrected chi connectivity index (χ1v) is 7.43. The smallest absolute Gasteiger partial charge is 0.313 e. The maximum Gasteiger partial charge on any atom is 0.334 e. The maximum atomic E-state index is 13.3. The van der Waals surface area contributed by atoms with E-state index in [-0.39, 0.29) is 16.7 Å². The molecule has 3 aromatic heterocycles. The molecule has 0 unspecified atom stereocenters. The second-order valence-corrected chi connectivity index (χ2v) is 5.28. The van der Waals surface area contributed by atoms with Gasteiger partial charge in [0.1, 0.15) is 11.6 Å². The van der Waals surface area contributed by atoms with Gasteiger partial charge in [0, 0.05) is 31.7 Å². The number of aromatic amines is 2. The molecule has 8 nitrogen and oxygen atoms in total. The number of rotatable bonds is 1. The Morgan fingerprint density at radius 1 is 1.12 bits per heavy atom. The lowest BCUT2D eigenvalue weighted by Crippen LogP contribution is -2.21. The van der Waals surface area contributed by atoms with E-state index in [9.17, 15) is 14.0 Å². The number of H-pyrrole nitrogens is 2. The summed E-state index contributed by atoms with van der Waals surface area (Å²) in [6.45, 7) is 0. The molecule has 0 spiro atoms. The van der Waals surface area contributed by atoms with Crippen LogP contribution < -0.4 is 11.4 Å². The molecule has 2 N–H and O–H groups in total. The minimum Gasteiger partial charge on any atom is -0.313 e. The molecule has 10 heteroatoms. The number of aromatic nitrogens is 6. The van der Waals surface area contributed by atoms with Crippen molar-refractivity contribution in [3.8, 4) is 5.82 Å². The largest absolute Gasteiger partial charge is 0.334 e. The average molecular weight is 363 g/mol. The summed E-state index contributed by atoms with van der Waals surface area (Å²) < 4.78 is 16.0. The third kappa shape index (κ3) is 3.36. The second-order valence-electron chi connectivity index (χ2n) is 4.95. The van der Waals surface area contributed by atoms with Gasteiger partial charge >= 0.3 is 11.4 Å². The molecular formula is C15H12ClFN6O2. The van der Waals surface area contributed by atoms with E-state index in [1.165, 1.54) is 33.5 Å². The molecule has 0 saturated carbocycles. The highest BCUT2D eigenvalue weighted by molar-refractivity contribution is 6.28. The summed E-state index contributed by atoms with van der Waals surface area (Å²) in [5.74, 6) is -0.0526. The molecule has 3 heterocycles. The minimum absolute atomic E-state index is 0.0449. The van der Waals surface area contributed by atoms with Crippen LogP contribution in [-0.4, -0.2) is 29.1 Å². The molecule has 4 rings (SSSR count). The normalized spacial score (nSPS) is 10.5. The van der Waals surface area contributed by atoms with Crippen molar-refractivity contribution in [2.75, 3.05) is 0 Å². The first kappa shape index (κ1) is 16.7. The lowest BCUT2D eigenvalue weighted by Gasteiger charge is -2.01. The lowest BCUT2D eigenvalue weighted by molar-refractivity contribution is 0.628. The van der Waals surface area contributed by atoms with E-state index >= 15 is 0 Å². The van der Waals surface area contributed by atoms with Crippen LogP contribution >= 0.6 is 11.6 Å². The van der Waals surface area contributed by atoms with Crippen molar-refractivity contribution in [1.29, 1.82) is 0 Å². The predicted molar refractivity (Wildman–Crippen MR) is 90.5 cm³/mol.